The lowest BCUT2D eigenvalue weighted by molar-refractivity contribution is -0.151. The summed E-state index contributed by atoms with van der Waals surface area (Å²) in [5.74, 6) is -1.97. The predicted octanol–water partition coefficient (Wildman–Crippen LogP) is 4.15. The van der Waals surface area contributed by atoms with Crippen LogP contribution in [-0.4, -0.2) is 30.9 Å². The standard InChI is InChI=1S/C21H20Cl2N2O4/c1-12-6-7-15(8-13(12)2)24-18(26)11-29-21(28)14-9-19(27)25(10-14)17-5-3-4-16(22)20(17)23/h3-8,14H,9-11H2,1-2H3,(H,24,26)/t14-/m0/s1. The molecule has 1 aliphatic heterocycles. The van der Waals surface area contributed by atoms with Crippen LogP contribution in [0.4, 0.5) is 11.4 Å². The Hall–Kier alpha value is -2.57. The van der Waals surface area contributed by atoms with Gasteiger partial charge in [0.2, 0.25) is 5.91 Å². The average Bonchev–Trinajstić information content (AvgIpc) is 3.06. The number of ether oxygens (including phenoxy) is 1. The van der Waals surface area contributed by atoms with Gasteiger partial charge < -0.3 is 15.0 Å². The van der Waals surface area contributed by atoms with E-state index in [4.69, 9.17) is 27.9 Å². The molecule has 2 aromatic rings. The third-order valence-corrected chi connectivity index (χ3v) is 5.63. The normalized spacial score (nSPS) is 16.1. The second kappa shape index (κ2) is 8.84. The molecule has 1 fully saturated rings. The lowest BCUT2D eigenvalue weighted by Gasteiger charge is -2.18. The highest BCUT2D eigenvalue weighted by Crippen LogP contribution is 2.35. The fourth-order valence-corrected chi connectivity index (χ4v) is 3.47. The van der Waals surface area contributed by atoms with Gasteiger partial charge in [0.1, 0.15) is 0 Å². The highest BCUT2D eigenvalue weighted by molar-refractivity contribution is 6.44. The number of esters is 1. The molecule has 0 unspecified atom stereocenters. The van der Waals surface area contributed by atoms with Crippen molar-refractivity contribution in [3.8, 4) is 0 Å². The van der Waals surface area contributed by atoms with Gasteiger partial charge >= 0.3 is 5.97 Å². The van der Waals surface area contributed by atoms with Crippen LogP contribution in [0.3, 0.4) is 0 Å². The van der Waals surface area contributed by atoms with Gasteiger partial charge in [-0.25, -0.2) is 0 Å². The molecule has 3 rings (SSSR count). The summed E-state index contributed by atoms with van der Waals surface area (Å²) in [5.41, 5.74) is 3.24. The van der Waals surface area contributed by atoms with Crippen LogP contribution in [0.25, 0.3) is 0 Å². The largest absolute Gasteiger partial charge is 0.455 e. The minimum Gasteiger partial charge on any atom is -0.455 e. The Bertz CT molecular complexity index is 977. The van der Waals surface area contributed by atoms with Crippen molar-refractivity contribution in [3.63, 3.8) is 0 Å². The molecular weight excluding hydrogens is 415 g/mol. The molecule has 0 bridgehead atoms. The summed E-state index contributed by atoms with van der Waals surface area (Å²) < 4.78 is 5.11. The first kappa shape index (κ1) is 21.1. The van der Waals surface area contributed by atoms with Crippen LogP contribution in [0.2, 0.25) is 10.0 Å². The molecule has 1 N–H and O–H groups in total. The molecule has 1 saturated heterocycles. The molecule has 0 aromatic heterocycles. The van der Waals surface area contributed by atoms with Crippen molar-refractivity contribution in [3.05, 3.63) is 57.6 Å². The van der Waals surface area contributed by atoms with Crippen LogP contribution in [0.1, 0.15) is 17.5 Å². The number of amides is 2. The van der Waals surface area contributed by atoms with Crippen molar-refractivity contribution < 1.29 is 19.1 Å². The fraction of sp³-hybridized carbons (Fsp3) is 0.286. The van der Waals surface area contributed by atoms with Crippen molar-refractivity contribution in [2.45, 2.75) is 20.3 Å². The number of carbonyl (C=O) groups is 3. The maximum atomic E-state index is 12.3. The van der Waals surface area contributed by atoms with E-state index >= 15 is 0 Å². The first-order valence-electron chi connectivity index (χ1n) is 9.04. The Labute approximate surface area is 178 Å². The molecule has 2 aromatic carbocycles. The van der Waals surface area contributed by atoms with E-state index in [0.717, 1.165) is 11.1 Å². The summed E-state index contributed by atoms with van der Waals surface area (Å²) in [5, 5.41) is 3.27. The van der Waals surface area contributed by atoms with Gasteiger partial charge in [-0.3, -0.25) is 14.4 Å². The van der Waals surface area contributed by atoms with Crippen LogP contribution in [0, 0.1) is 19.8 Å². The quantitative estimate of drug-likeness (QED) is 0.717. The van der Waals surface area contributed by atoms with Crippen molar-refractivity contribution in [1.82, 2.24) is 0 Å². The number of nitrogens with zero attached hydrogens (tertiary/aromatic N) is 1. The zero-order chi connectivity index (χ0) is 21.1. The van der Waals surface area contributed by atoms with E-state index in [9.17, 15) is 14.4 Å². The smallest absolute Gasteiger partial charge is 0.311 e. The highest BCUT2D eigenvalue weighted by Gasteiger charge is 2.37. The van der Waals surface area contributed by atoms with Crippen LogP contribution < -0.4 is 10.2 Å². The highest BCUT2D eigenvalue weighted by atomic mass is 35.5. The van der Waals surface area contributed by atoms with E-state index in [1.54, 1.807) is 24.3 Å². The number of carbonyl (C=O) groups excluding carboxylic acids is 3. The summed E-state index contributed by atoms with van der Waals surface area (Å²) >= 11 is 12.2. The number of halogens is 2. The van der Waals surface area contributed by atoms with Gasteiger partial charge in [-0.15, -0.1) is 0 Å². The Morgan fingerprint density at radius 1 is 1.17 bits per heavy atom. The van der Waals surface area contributed by atoms with Gasteiger partial charge in [-0.05, 0) is 49.2 Å². The Morgan fingerprint density at radius 2 is 1.93 bits per heavy atom. The minimum atomic E-state index is -0.674. The summed E-state index contributed by atoms with van der Waals surface area (Å²) in [6, 6.07) is 10.5. The zero-order valence-electron chi connectivity index (χ0n) is 16.0. The van der Waals surface area contributed by atoms with Crippen LogP contribution in [-0.2, 0) is 19.1 Å². The lowest BCUT2D eigenvalue weighted by atomic mass is 10.1. The van der Waals surface area contributed by atoms with E-state index in [2.05, 4.69) is 5.32 Å². The third-order valence-electron chi connectivity index (χ3n) is 4.82. The number of anilines is 2. The minimum absolute atomic E-state index is 0.0134. The third kappa shape index (κ3) is 4.89. The van der Waals surface area contributed by atoms with E-state index in [1.165, 1.54) is 4.90 Å². The van der Waals surface area contributed by atoms with Crippen molar-refractivity contribution in [2.24, 2.45) is 5.92 Å². The molecule has 0 radical (unpaired) electrons. The van der Waals surface area contributed by atoms with Crippen molar-refractivity contribution in [2.75, 3.05) is 23.4 Å². The monoisotopic (exact) mass is 434 g/mol. The SMILES string of the molecule is Cc1ccc(NC(=O)COC(=O)[C@H]2CC(=O)N(c3cccc(Cl)c3Cl)C2)cc1C. The molecule has 0 saturated carbocycles. The number of rotatable bonds is 5. The molecule has 2 amide bonds. The van der Waals surface area contributed by atoms with Gasteiger partial charge in [0, 0.05) is 18.7 Å². The predicted molar refractivity (Wildman–Crippen MR) is 112 cm³/mol. The first-order chi connectivity index (χ1) is 13.8. The summed E-state index contributed by atoms with van der Waals surface area (Å²) in [6.07, 6.45) is -0.0134. The molecule has 0 spiro atoms. The Balaban J connectivity index is 1.56. The van der Waals surface area contributed by atoms with Crippen LogP contribution in [0.15, 0.2) is 36.4 Å². The van der Waals surface area contributed by atoms with Gasteiger partial charge in [0.25, 0.3) is 5.91 Å². The number of aryl methyl sites for hydroxylation is 2. The second-order valence-electron chi connectivity index (χ2n) is 6.93. The molecule has 0 aliphatic carbocycles. The molecule has 8 heteroatoms. The summed E-state index contributed by atoms with van der Waals surface area (Å²) in [6.45, 7) is 3.62. The Morgan fingerprint density at radius 3 is 2.66 bits per heavy atom. The Kier molecular flexibility index (Phi) is 6.45. The first-order valence-corrected chi connectivity index (χ1v) is 9.80. The molecule has 1 heterocycles. The molecule has 29 heavy (non-hydrogen) atoms. The second-order valence-corrected chi connectivity index (χ2v) is 7.72. The van der Waals surface area contributed by atoms with Gasteiger partial charge in [-0.2, -0.15) is 0 Å². The van der Waals surface area contributed by atoms with Crippen molar-refractivity contribution >= 4 is 52.4 Å². The lowest BCUT2D eigenvalue weighted by Crippen LogP contribution is -2.28. The zero-order valence-corrected chi connectivity index (χ0v) is 17.5. The topological polar surface area (TPSA) is 75.7 Å². The van der Waals surface area contributed by atoms with Gasteiger partial charge in [0.05, 0.1) is 21.7 Å². The maximum absolute atomic E-state index is 12.3. The number of nitrogens with one attached hydrogen (secondary N) is 1. The van der Waals surface area contributed by atoms with E-state index in [-0.39, 0.29) is 23.9 Å². The molecule has 1 aliphatic rings. The van der Waals surface area contributed by atoms with Gasteiger partial charge in [0.15, 0.2) is 6.61 Å². The number of hydrogen-bond donors (Lipinski definition) is 1. The van der Waals surface area contributed by atoms with Crippen molar-refractivity contribution in [1.29, 1.82) is 0 Å². The molecule has 1 atom stereocenters. The van der Waals surface area contributed by atoms with Gasteiger partial charge in [-0.1, -0.05) is 35.3 Å². The average molecular weight is 435 g/mol. The van der Waals surface area contributed by atoms with E-state index < -0.39 is 24.4 Å². The number of hydrogen-bond acceptors (Lipinski definition) is 4. The summed E-state index contributed by atoms with van der Waals surface area (Å²) in [7, 11) is 0. The van der Waals surface area contributed by atoms with Crippen LogP contribution in [0.5, 0.6) is 0 Å². The van der Waals surface area contributed by atoms with Crippen LogP contribution >= 0.6 is 23.2 Å². The van der Waals surface area contributed by atoms with E-state index in [1.807, 2.05) is 26.0 Å². The molecule has 152 valence electrons. The molecule has 6 nitrogen and oxygen atoms in total. The maximum Gasteiger partial charge on any atom is 0.311 e. The molecular formula is C21H20Cl2N2O4. The number of benzene rings is 2. The van der Waals surface area contributed by atoms with E-state index in [0.29, 0.717) is 16.4 Å². The summed E-state index contributed by atoms with van der Waals surface area (Å²) in [4.78, 5) is 38.1. The fourth-order valence-electron chi connectivity index (χ4n) is 3.07.